The van der Waals surface area contributed by atoms with Crippen molar-refractivity contribution in [3.8, 4) is 0 Å². The maximum atomic E-state index is 11.3. The summed E-state index contributed by atoms with van der Waals surface area (Å²) >= 11 is 1.85. The van der Waals surface area contributed by atoms with E-state index in [1.807, 2.05) is 30.0 Å². The number of ether oxygens (including phenoxy) is 1. The number of anilines is 1. The van der Waals surface area contributed by atoms with Gasteiger partial charge < -0.3 is 10.5 Å². The molecule has 18 heavy (non-hydrogen) atoms. The zero-order valence-corrected chi connectivity index (χ0v) is 11.5. The molecule has 0 atom stereocenters. The molecule has 0 amide bonds. The standard InChI is InChI=1S/C14H19NO2S/c1-17-13(16)8-14(6-7-14)10-18-9-11-4-2-3-5-12(11)15/h2-5H,6-10,15H2,1H3. The fraction of sp³-hybridized carbons (Fsp3) is 0.500. The number of nitrogen functional groups attached to an aromatic ring is 1. The largest absolute Gasteiger partial charge is 0.469 e. The third-order valence-electron chi connectivity index (χ3n) is 3.43. The minimum atomic E-state index is -0.0904. The lowest BCUT2D eigenvalue weighted by Crippen LogP contribution is -2.13. The van der Waals surface area contributed by atoms with Gasteiger partial charge in [0.2, 0.25) is 0 Å². The van der Waals surface area contributed by atoms with Gasteiger partial charge in [0.15, 0.2) is 0 Å². The number of esters is 1. The van der Waals surface area contributed by atoms with Crippen LogP contribution in [0.15, 0.2) is 24.3 Å². The Morgan fingerprint density at radius 2 is 2.17 bits per heavy atom. The van der Waals surface area contributed by atoms with Crippen LogP contribution in [0.25, 0.3) is 0 Å². The molecule has 2 N–H and O–H groups in total. The molecular formula is C14H19NO2S. The van der Waals surface area contributed by atoms with Crippen molar-refractivity contribution in [1.82, 2.24) is 0 Å². The van der Waals surface area contributed by atoms with E-state index in [9.17, 15) is 4.79 Å². The van der Waals surface area contributed by atoms with Gasteiger partial charge in [0, 0.05) is 11.4 Å². The zero-order chi connectivity index (χ0) is 13.0. The quantitative estimate of drug-likeness (QED) is 0.635. The van der Waals surface area contributed by atoms with E-state index in [0.29, 0.717) is 6.42 Å². The normalized spacial score (nSPS) is 16.3. The molecule has 1 aromatic carbocycles. The van der Waals surface area contributed by atoms with Crippen LogP contribution in [0, 0.1) is 5.41 Å². The highest BCUT2D eigenvalue weighted by Crippen LogP contribution is 2.51. The summed E-state index contributed by atoms with van der Waals surface area (Å²) in [6.07, 6.45) is 2.83. The highest BCUT2D eigenvalue weighted by Gasteiger charge is 2.44. The average Bonchev–Trinajstić information content (AvgIpc) is 3.11. The van der Waals surface area contributed by atoms with Crippen LogP contribution >= 0.6 is 11.8 Å². The first kappa shape index (κ1) is 13.3. The van der Waals surface area contributed by atoms with Crippen LogP contribution in [-0.4, -0.2) is 18.8 Å². The third kappa shape index (κ3) is 3.42. The first-order valence-electron chi connectivity index (χ1n) is 6.13. The van der Waals surface area contributed by atoms with Crippen LogP contribution in [0.1, 0.15) is 24.8 Å². The predicted octanol–water partition coefficient (Wildman–Crippen LogP) is 2.85. The van der Waals surface area contributed by atoms with Gasteiger partial charge in [0.25, 0.3) is 0 Å². The maximum Gasteiger partial charge on any atom is 0.306 e. The fourth-order valence-electron chi connectivity index (χ4n) is 1.97. The molecule has 1 fully saturated rings. The summed E-state index contributed by atoms with van der Waals surface area (Å²) in [7, 11) is 1.45. The van der Waals surface area contributed by atoms with Crippen molar-refractivity contribution in [2.45, 2.75) is 25.0 Å². The number of hydrogen-bond donors (Lipinski definition) is 1. The van der Waals surface area contributed by atoms with E-state index in [2.05, 4.69) is 6.07 Å². The number of rotatable bonds is 6. The van der Waals surface area contributed by atoms with Crippen LogP contribution < -0.4 is 5.73 Å². The Kier molecular flexibility index (Phi) is 4.17. The molecule has 0 unspecified atom stereocenters. The van der Waals surface area contributed by atoms with Gasteiger partial charge in [0.1, 0.15) is 0 Å². The molecular weight excluding hydrogens is 246 g/mol. The highest BCUT2D eigenvalue weighted by atomic mass is 32.2. The highest BCUT2D eigenvalue weighted by molar-refractivity contribution is 7.98. The fourth-order valence-corrected chi connectivity index (χ4v) is 3.38. The lowest BCUT2D eigenvalue weighted by molar-refractivity contribution is -0.141. The summed E-state index contributed by atoms with van der Waals surface area (Å²) in [6.45, 7) is 0. The molecule has 3 nitrogen and oxygen atoms in total. The molecule has 0 spiro atoms. The van der Waals surface area contributed by atoms with E-state index in [1.54, 1.807) is 0 Å². The summed E-state index contributed by atoms with van der Waals surface area (Å²) in [5.41, 5.74) is 8.12. The topological polar surface area (TPSA) is 52.3 Å². The molecule has 0 bridgehead atoms. The Morgan fingerprint density at radius 3 is 2.78 bits per heavy atom. The second-order valence-electron chi connectivity index (χ2n) is 4.94. The van der Waals surface area contributed by atoms with Crippen molar-refractivity contribution in [3.05, 3.63) is 29.8 Å². The minimum Gasteiger partial charge on any atom is -0.469 e. The number of carbonyl (C=O) groups excluding carboxylic acids is 1. The Balaban J connectivity index is 1.79. The van der Waals surface area contributed by atoms with Crippen molar-refractivity contribution in [2.75, 3.05) is 18.6 Å². The smallest absolute Gasteiger partial charge is 0.306 e. The predicted molar refractivity (Wildman–Crippen MR) is 75.3 cm³/mol. The number of benzene rings is 1. The van der Waals surface area contributed by atoms with Crippen LogP contribution in [0.4, 0.5) is 5.69 Å². The van der Waals surface area contributed by atoms with Gasteiger partial charge in [0.05, 0.1) is 13.5 Å². The Bertz CT molecular complexity index is 430. The lowest BCUT2D eigenvalue weighted by Gasteiger charge is -2.13. The van der Waals surface area contributed by atoms with Crippen molar-refractivity contribution in [3.63, 3.8) is 0 Å². The molecule has 1 saturated carbocycles. The van der Waals surface area contributed by atoms with Crippen LogP contribution in [0.2, 0.25) is 0 Å². The van der Waals surface area contributed by atoms with Crippen molar-refractivity contribution < 1.29 is 9.53 Å². The number of carbonyl (C=O) groups is 1. The van der Waals surface area contributed by atoms with Crippen LogP contribution in [-0.2, 0) is 15.3 Å². The Hall–Kier alpha value is -1.16. The van der Waals surface area contributed by atoms with E-state index in [1.165, 1.54) is 12.7 Å². The number of para-hydroxylation sites is 1. The monoisotopic (exact) mass is 265 g/mol. The molecule has 0 radical (unpaired) electrons. The number of hydrogen-bond acceptors (Lipinski definition) is 4. The van der Waals surface area contributed by atoms with E-state index in [0.717, 1.165) is 30.0 Å². The third-order valence-corrected chi connectivity index (χ3v) is 4.76. The van der Waals surface area contributed by atoms with E-state index >= 15 is 0 Å². The van der Waals surface area contributed by atoms with Crippen molar-refractivity contribution >= 4 is 23.4 Å². The van der Waals surface area contributed by atoms with E-state index in [-0.39, 0.29) is 11.4 Å². The molecule has 1 aliphatic rings. The molecule has 0 aliphatic heterocycles. The second kappa shape index (κ2) is 5.65. The Labute approximate surface area is 112 Å². The van der Waals surface area contributed by atoms with Gasteiger partial charge in [-0.1, -0.05) is 18.2 Å². The molecule has 0 aromatic heterocycles. The minimum absolute atomic E-state index is 0.0904. The first-order valence-corrected chi connectivity index (χ1v) is 7.29. The van der Waals surface area contributed by atoms with Gasteiger partial charge in [-0.15, -0.1) is 0 Å². The summed E-state index contributed by atoms with van der Waals surface area (Å²) < 4.78 is 4.74. The van der Waals surface area contributed by atoms with E-state index in [4.69, 9.17) is 10.5 Å². The van der Waals surface area contributed by atoms with Gasteiger partial charge in [-0.25, -0.2) is 0 Å². The van der Waals surface area contributed by atoms with Gasteiger partial charge in [-0.3, -0.25) is 4.79 Å². The molecule has 4 heteroatoms. The summed E-state index contributed by atoms with van der Waals surface area (Å²) in [5.74, 6) is 1.83. The molecule has 0 heterocycles. The molecule has 98 valence electrons. The average molecular weight is 265 g/mol. The van der Waals surface area contributed by atoms with Crippen LogP contribution in [0.5, 0.6) is 0 Å². The van der Waals surface area contributed by atoms with Crippen molar-refractivity contribution in [2.24, 2.45) is 5.41 Å². The van der Waals surface area contributed by atoms with Crippen molar-refractivity contribution in [1.29, 1.82) is 0 Å². The number of thioether (sulfide) groups is 1. The van der Waals surface area contributed by atoms with Crippen LogP contribution in [0.3, 0.4) is 0 Å². The van der Waals surface area contributed by atoms with E-state index < -0.39 is 0 Å². The Morgan fingerprint density at radius 1 is 1.44 bits per heavy atom. The number of methoxy groups -OCH3 is 1. The molecule has 2 rings (SSSR count). The maximum absolute atomic E-state index is 11.3. The summed E-state index contributed by atoms with van der Waals surface area (Å²) in [5, 5.41) is 0. The lowest BCUT2D eigenvalue weighted by atomic mass is 10.1. The molecule has 1 aromatic rings. The van der Waals surface area contributed by atoms with Gasteiger partial charge in [-0.05, 0) is 35.6 Å². The first-order chi connectivity index (χ1) is 8.65. The SMILES string of the molecule is COC(=O)CC1(CSCc2ccccc2N)CC1. The molecule has 1 aliphatic carbocycles. The summed E-state index contributed by atoms with van der Waals surface area (Å²) in [4.78, 5) is 11.3. The second-order valence-corrected chi connectivity index (χ2v) is 5.93. The zero-order valence-electron chi connectivity index (χ0n) is 10.6. The molecule has 0 saturated heterocycles. The van der Waals surface area contributed by atoms with Gasteiger partial charge in [-0.2, -0.15) is 11.8 Å². The summed E-state index contributed by atoms with van der Waals surface area (Å²) in [6, 6.07) is 7.94. The number of nitrogens with two attached hydrogens (primary N) is 1. The van der Waals surface area contributed by atoms with Gasteiger partial charge >= 0.3 is 5.97 Å².